The number of nitrogens with two attached hydrogens (primary N) is 1. The Balaban J connectivity index is 2.21. The van der Waals surface area contributed by atoms with Gasteiger partial charge in [-0.2, -0.15) is 0 Å². The van der Waals surface area contributed by atoms with Crippen molar-refractivity contribution in [1.82, 2.24) is 4.90 Å². The third-order valence-electron chi connectivity index (χ3n) is 4.00. The van der Waals surface area contributed by atoms with Gasteiger partial charge in [0.2, 0.25) is 0 Å². The zero-order valence-corrected chi connectivity index (χ0v) is 8.27. The van der Waals surface area contributed by atoms with E-state index in [0.717, 1.165) is 0 Å². The quantitative estimate of drug-likeness (QED) is 0.674. The van der Waals surface area contributed by atoms with Gasteiger partial charge in [0.15, 0.2) is 0 Å². The van der Waals surface area contributed by atoms with Crippen LogP contribution in [0.25, 0.3) is 0 Å². The minimum atomic E-state index is 0.174. The molecule has 2 aliphatic rings. The second-order valence-corrected chi connectivity index (χ2v) is 4.79. The van der Waals surface area contributed by atoms with Crippen molar-refractivity contribution < 1.29 is 0 Å². The maximum Gasteiger partial charge on any atom is 0.0382 e. The summed E-state index contributed by atoms with van der Waals surface area (Å²) in [5.41, 5.74) is 6.87. The number of hydrogen-bond acceptors (Lipinski definition) is 2. The zero-order valence-electron chi connectivity index (χ0n) is 8.27. The lowest BCUT2D eigenvalue weighted by molar-refractivity contribution is 0.112. The predicted octanol–water partition coefficient (Wildman–Crippen LogP) is 1.35. The maximum absolute atomic E-state index is 6.35. The normalized spacial score (nSPS) is 31.0. The van der Waals surface area contributed by atoms with Gasteiger partial charge in [0.05, 0.1) is 0 Å². The Hall–Kier alpha value is -0.0800. The van der Waals surface area contributed by atoms with E-state index < -0.39 is 0 Å². The maximum atomic E-state index is 6.35. The summed E-state index contributed by atoms with van der Waals surface area (Å²) >= 11 is 0. The molecule has 0 aliphatic heterocycles. The van der Waals surface area contributed by atoms with Crippen LogP contribution in [0.5, 0.6) is 0 Å². The van der Waals surface area contributed by atoms with E-state index in [0.29, 0.717) is 5.54 Å². The molecule has 2 N–H and O–H groups in total. The van der Waals surface area contributed by atoms with Crippen molar-refractivity contribution in [3.05, 3.63) is 0 Å². The van der Waals surface area contributed by atoms with Crippen molar-refractivity contribution >= 4 is 0 Å². The highest BCUT2D eigenvalue weighted by molar-refractivity contribution is 5.19. The Morgan fingerprint density at radius 1 is 1.00 bits per heavy atom. The van der Waals surface area contributed by atoms with Gasteiger partial charge in [0.1, 0.15) is 0 Å². The monoisotopic (exact) mass is 168 g/mol. The summed E-state index contributed by atoms with van der Waals surface area (Å²) in [4.78, 5) is 2.38. The molecule has 0 amide bonds. The molecule has 12 heavy (non-hydrogen) atoms. The Labute approximate surface area is 75.1 Å². The molecule has 0 radical (unpaired) electrons. The van der Waals surface area contributed by atoms with Gasteiger partial charge in [-0.3, -0.25) is 0 Å². The number of rotatable bonds is 2. The van der Waals surface area contributed by atoms with Gasteiger partial charge in [-0.05, 0) is 39.8 Å². The minimum Gasteiger partial charge on any atom is -0.324 e. The van der Waals surface area contributed by atoms with Crippen LogP contribution >= 0.6 is 0 Å². The van der Waals surface area contributed by atoms with E-state index in [2.05, 4.69) is 19.0 Å². The molecule has 0 aromatic carbocycles. The van der Waals surface area contributed by atoms with Crippen LogP contribution in [0.3, 0.4) is 0 Å². The molecule has 2 aliphatic carbocycles. The zero-order chi connectivity index (χ0) is 8.82. The van der Waals surface area contributed by atoms with Crippen molar-refractivity contribution in [2.45, 2.75) is 49.6 Å². The molecular formula is C10H20N2. The molecular weight excluding hydrogens is 148 g/mol. The summed E-state index contributed by atoms with van der Waals surface area (Å²) < 4.78 is 0. The second-order valence-electron chi connectivity index (χ2n) is 4.79. The van der Waals surface area contributed by atoms with Crippen LogP contribution < -0.4 is 5.73 Å². The van der Waals surface area contributed by atoms with Gasteiger partial charge < -0.3 is 10.6 Å². The Morgan fingerprint density at radius 2 is 1.50 bits per heavy atom. The predicted molar refractivity (Wildman–Crippen MR) is 51.0 cm³/mol. The third-order valence-corrected chi connectivity index (χ3v) is 4.00. The average Bonchev–Trinajstić information content (AvgIpc) is 2.62. The molecule has 2 rings (SSSR count). The Morgan fingerprint density at radius 3 is 1.83 bits per heavy atom. The van der Waals surface area contributed by atoms with Gasteiger partial charge in [0.25, 0.3) is 0 Å². The first-order valence-electron chi connectivity index (χ1n) is 5.07. The molecule has 0 spiro atoms. The van der Waals surface area contributed by atoms with Crippen molar-refractivity contribution in [3.8, 4) is 0 Å². The average molecular weight is 168 g/mol. The number of hydrogen-bond donors (Lipinski definition) is 1. The van der Waals surface area contributed by atoms with Gasteiger partial charge in [-0.1, -0.05) is 12.8 Å². The fourth-order valence-electron chi connectivity index (χ4n) is 2.95. The highest BCUT2D eigenvalue weighted by atomic mass is 15.2. The second kappa shape index (κ2) is 2.46. The molecule has 70 valence electrons. The molecule has 0 saturated heterocycles. The van der Waals surface area contributed by atoms with Crippen LogP contribution in [-0.2, 0) is 0 Å². The van der Waals surface area contributed by atoms with Gasteiger partial charge in [-0.25, -0.2) is 0 Å². The largest absolute Gasteiger partial charge is 0.324 e. The fraction of sp³-hybridized carbons (Fsp3) is 1.00. The summed E-state index contributed by atoms with van der Waals surface area (Å²) in [7, 11) is 4.39. The summed E-state index contributed by atoms with van der Waals surface area (Å²) in [6.07, 6.45) is 7.86. The van der Waals surface area contributed by atoms with Crippen LogP contribution in [-0.4, -0.2) is 30.1 Å². The van der Waals surface area contributed by atoms with Crippen LogP contribution in [0.4, 0.5) is 0 Å². The van der Waals surface area contributed by atoms with Gasteiger partial charge >= 0.3 is 0 Å². The lowest BCUT2D eigenvalue weighted by atomic mass is 9.85. The fourth-order valence-corrected chi connectivity index (χ4v) is 2.95. The van der Waals surface area contributed by atoms with E-state index in [-0.39, 0.29) is 5.54 Å². The molecule has 0 unspecified atom stereocenters. The number of likely N-dealkylation sites (N-methyl/N-ethyl adjacent to an activating group) is 1. The van der Waals surface area contributed by atoms with E-state index in [9.17, 15) is 0 Å². The van der Waals surface area contributed by atoms with Crippen molar-refractivity contribution in [2.75, 3.05) is 14.1 Å². The Kier molecular flexibility index (Phi) is 1.74. The van der Waals surface area contributed by atoms with E-state index in [1.807, 2.05) is 0 Å². The molecule has 2 saturated carbocycles. The number of nitrogens with zero attached hydrogens (tertiary/aromatic N) is 1. The van der Waals surface area contributed by atoms with E-state index >= 15 is 0 Å². The molecule has 0 aromatic heterocycles. The summed E-state index contributed by atoms with van der Waals surface area (Å²) in [5, 5.41) is 0. The smallest absolute Gasteiger partial charge is 0.0382 e. The minimum absolute atomic E-state index is 0.174. The first-order chi connectivity index (χ1) is 5.61. The molecule has 0 bridgehead atoms. The van der Waals surface area contributed by atoms with Gasteiger partial charge in [0, 0.05) is 11.1 Å². The molecule has 2 nitrogen and oxygen atoms in total. The standard InChI is InChI=1S/C10H20N2/c1-12(2)10(5-3-4-6-10)9(11)7-8-9/h3-8,11H2,1-2H3. The molecule has 0 atom stereocenters. The topological polar surface area (TPSA) is 29.3 Å². The first kappa shape index (κ1) is 8.52. The van der Waals surface area contributed by atoms with E-state index in [4.69, 9.17) is 5.73 Å². The Bertz CT molecular complexity index is 176. The van der Waals surface area contributed by atoms with Crippen LogP contribution in [0.2, 0.25) is 0 Å². The molecule has 2 fully saturated rings. The lowest BCUT2D eigenvalue weighted by Crippen LogP contribution is -2.57. The van der Waals surface area contributed by atoms with Crippen LogP contribution in [0, 0.1) is 0 Å². The molecule has 0 aromatic rings. The first-order valence-corrected chi connectivity index (χ1v) is 5.07. The summed E-state index contributed by atoms with van der Waals surface area (Å²) in [5.74, 6) is 0. The third kappa shape index (κ3) is 0.944. The SMILES string of the molecule is CN(C)C1(C2(N)CC2)CCCC1. The molecule has 0 heterocycles. The lowest BCUT2D eigenvalue weighted by Gasteiger charge is -2.42. The van der Waals surface area contributed by atoms with Crippen molar-refractivity contribution in [1.29, 1.82) is 0 Å². The van der Waals surface area contributed by atoms with Crippen molar-refractivity contribution in [2.24, 2.45) is 5.73 Å². The molecule has 2 heteroatoms. The van der Waals surface area contributed by atoms with E-state index in [1.54, 1.807) is 0 Å². The van der Waals surface area contributed by atoms with Crippen LogP contribution in [0.15, 0.2) is 0 Å². The van der Waals surface area contributed by atoms with Crippen molar-refractivity contribution in [3.63, 3.8) is 0 Å². The highest BCUT2D eigenvalue weighted by Gasteiger charge is 2.58. The van der Waals surface area contributed by atoms with Gasteiger partial charge in [-0.15, -0.1) is 0 Å². The summed E-state index contributed by atoms with van der Waals surface area (Å²) in [6, 6.07) is 0. The van der Waals surface area contributed by atoms with Crippen LogP contribution in [0.1, 0.15) is 38.5 Å². The highest BCUT2D eigenvalue weighted by Crippen LogP contribution is 2.52. The summed E-state index contributed by atoms with van der Waals surface area (Å²) in [6.45, 7) is 0. The van der Waals surface area contributed by atoms with E-state index in [1.165, 1.54) is 38.5 Å².